The van der Waals surface area contributed by atoms with Crippen molar-refractivity contribution in [3.8, 4) is 0 Å². The first-order valence-electron chi connectivity index (χ1n) is 9.61. The summed E-state index contributed by atoms with van der Waals surface area (Å²) in [7, 11) is 2.28. The number of carbonyl (C=O) groups excluding carboxylic acids is 1. The van der Waals surface area contributed by atoms with Crippen LogP contribution < -0.4 is 0 Å². The Labute approximate surface area is 143 Å². The molecular weight excluding hydrogens is 302 g/mol. The van der Waals surface area contributed by atoms with E-state index in [9.17, 15) is 4.79 Å². The van der Waals surface area contributed by atoms with Crippen molar-refractivity contribution >= 4 is 5.91 Å². The number of nitrogens with zero attached hydrogens (tertiary/aromatic N) is 3. The lowest BCUT2D eigenvalue weighted by atomic mass is 9.90. The Balaban J connectivity index is 1.15. The summed E-state index contributed by atoms with van der Waals surface area (Å²) in [5, 5.41) is 4.01. The molecule has 1 aromatic rings. The second-order valence-corrected chi connectivity index (χ2v) is 8.62. The molecule has 0 unspecified atom stereocenters. The quantitative estimate of drug-likeness (QED) is 0.833. The first kappa shape index (κ1) is 14.9. The zero-order valence-electron chi connectivity index (χ0n) is 14.5. The average molecular weight is 329 g/mol. The topological polar surface area (TPSA) is 49.6 Å². The number of likely N-dealkylation sites (tertiary alicyclic amines) is 1. The van der Waals surface area contributed by atoms with Crippen molar-refractivity contribution in [3.05, 3.63) is 17.5 Å². The highest BCUT2D eigenvalue weighted by Gasteiger charge is 2.55. The third-order valence-electron chi connectivity index (χ3n) is 6.81. The van der Waals surface area contributed by atoms with E-state index in [1.165, 1.54) is 38.6 Å². The first-order valence-corrected chi connectivity index (χ1v) is 9.61. The van der Waals surface area contributed by atoms with Gasteiger partial charge in [-0.1, -0.05) is 5.16 Å². The van der Waals surface area contributed by atoms with Gasteiger partial charge in [-0.25, -0.2) is 0 Å². The minimum Gasteiger partial charge on any atom is -0.360 e. The number of hydrogen-bond acceptors (Lipinski definition) is 4. The number of rotatable bonds is 5. The molecule has 1 atom stereocenters. The smallest absolute Gasteiger partial charge is 0.276 e. The SMILES string of the molecule is CN(C[C@@H]1CC12CCN(C(=O)c1cc(C3CC3)on1)CC2)C1CC1. The summed E-state index contributed by atoms with van der Waals surface area (Å²) < 4.78 is 5.34. The van der Waals surface area contributed by atoms with E-state index in [1.807, 2.05) is 11.0 Å². The van der Waals surface area contributed by atoms with Gasteiger partial charge in [-0.3, -0.25) is 4.79 Å². The van der Waals surface area contributed by atoms with Crippen LogP contribution >= 0.6 is 0 Å². The standard InChI is InChI=1S/C19H27N3O2/c1-21(15-4-5-15)12-14-11-19(14)6-8-22(9-7-19)18(23)16-10-17(24-20-16)13-2-3-13/h10,13-15H,2-9,11-12H2,1H3/t14-/m0/s1. The highest BCUT2D eigenvalue weighted by atomic mass is 16.5. The van der Waals surface area contributed by atoms with Gasteiger partial charge >= 0.3 is 0 Å². The summed E-state index contributed by atoms with van der Waals surface area (Å²) in [5.74, 6) is 2.33. The van der Waals surface area contributed by atoms with Crippen molar-refractivity contribution in [3.63, 3.8) is 0 Å². The zero-order valence-corrected chi connectivity index (χ0v) is 14.5. The molecule has 3 aliphatic carbocycles. The lowest BCUT2D eigenvalue weighted by molar-refractivity contribution is 0.0654. The van der Waals surface area contributed by atoms with Crippen molar-refractivity contribution < 1.29 is 9.32 Å². The van der Waals surface area contributed by atoms with Gasteiger partial charge in [-0.2, -0.15) is 0 Å². The van der Waals surface area contributed by atoms with E-state index >= 15 is 0 Å². The van der Waals surface area contributed by atoms with Crippen LogP contribution in [0.25, 0.3) is 0 Å². The summed E-state index contributed by atoms with van der Waals surface area (Å²) in [5.41, 5.74) is 1.04. The van der Waals surface area contributed by atoms with Crippen molar-refractivity contribution in [1.82, 2.24) is 15.0 Å². The van der Waals surface area contributed by atoms with Gasteiger partial charge in [0.2, 0.25) is 0 Å². The van der Waals surface area contributed by atoms with Gasteiger partial charge in [-0.15, -0.1) is 0 Å². The largest absolute Gasteiger partial charge is 0.360 e. The molecule has 0 radical (unpaired) electrons. The fraction of sp³-hybridized carbons (Fsp3) is 0.789. The highest BCUT2D eigenvalue weighted by molar-refractivity contribution is 5.92. The van der Waals surface area contributed by atoms with E-state index in [-0.39, 0.29) is 5.91 Å². The maximum absolute atomic E-state index is 12.6. The normalized spacial score (nSPS) is 28.6. The van der Waals surface area contributed by atoms with E-state index < -0.39 is 0 Å². The maximum Gasteiger partial charge on any atom is 0.276 e. The van der Waals surface area contributed by atoms with Gasteiger partial charge in [0.25, 0.3) is 5.91 Å². The second kappa shape index (κ2) is 5.32. The summed E-state index contributed by atoms with van der Waals surface area (Å²) in [4.78, 5) is 17.2. The third kappa shape index (κ3) is 2.67. The van der Waals surface area contributed by atoms with Crippen LogP contribution in [0.1, 0.15) is 67.1 Å². The lowest BCUT2D eigenvalue weighted by Crippen LogP contribution is -2.40. The van der Waals surface area contributed by atoms with Crippen molar-refractivity contribution in [1.29, 1.82) is 0 Å². The maximum atomic E-state index is 12.6. The van der Waals surface area contributed by atoms with E-state index in [2.05, 4.69) is 17.1 Å². The summed E-state index contributed by atoms with van der Waals surface area (Å²) >= 11 is 0. The van der Waals surface area contributed by atoms with Crippen LogP contribution in [0.4, 0.5) is 0 Å². The molecule has 5 nitrogen and oxygen atoms in total. The molecule has 1 aromatic heterocycles. The molecule has 1 aliphatic heterocycles. The Morgan fingerprint density at radius 2 is 2.08 bits per heavy atom. The van der Waals surface area contributed by atoms with E-state index in [4.69, 9.17) is 4.52 Å². The van der Waals surface area contributed by atoms with Crippen LogP contribution in [-0.2, 0) is 0 Å². The monoisotopic (exact) mass is 329 g/mol. The van der Waals surface area contributed by atoms with Gasteiger partial charge in [0.1, 0.15) is 5.76 Å². The molecule has 2 heterocycles. The Morgan fingerprint density at radius 1 is 1.33 bits per heavy atom. The molecule has 3 saturated carbocycles. The minimum atomic E-state index is 0.0628. The minimum absolute atomic E-state index is 0.0628. The lowest BCUT2D eigenvalue weighted by Gasteiger charge is -2.33. The molecule has 5 rings (SSSR count). The number of hydrogen-bond donors (Lipinski definition) is 0. The number of amides is 1. The molecule has 0 bridgehead atoms. The Kier molecular flexibility index (Phi) is 3.31. The van der Waals surface area contributed by atoms with Crippen molar-refractivity contribution in [2.75, 3.05) is 26.7 Å². The molecule has 24 heavy (non-hydrogen) atoms. The second-order valence-electron chi connectivity index (χ2n) is 8.62. The van der Waals surface area contributed by atoms with Crippen LogP contribution in [0.3, 0.4) is 0 Å². The highest BCUT2D eigenvalue weighted by Crippen LogP contribution is 2.59. The van der Waals surface area contributed by atoms with Crippen molar-refractivity contribution in [2.45, 2.75) is 56.9 Å². The fourth-order valence-corrected chi connectivity index (χ4v) is 4.58. The Hall–Kier alpha value is -1.36. The molecule has 4 fully saturated rings. The first-order chi connectivity index (χ1) is 11.6. The van der Waals surface area contributed by atoms with Crippen LogP contribution in [0.15, 0.2) is 10.6 Å². The summed E-state index contributed by atoms with van der Waals surface area (Å²) in [6.07, 6.45) is 8.81. The summed E-state index contributed by atoms with van der Waals surface area (Å²) in [6.45, 7) is 3.02. The average Bonchev–Trinajstić information content (AvgIpc) is 3.47. The van der Waals surface area contributed by atoms with Crippen molar-refractivity contribution in [2.24, 2.45) is 11.3 Å². The van der Waals surface area contributed by atoms with Crippen LogP contribution in [0.2, 0.25) is 0 Å². The van der Waals surface area contributed by atoms with Gasteiger partial charge in [0, 0.05) is 37.7 Å². The predicted molar refractivity (Wildman–Crippen MR) is 89.8 cm³/mol. The van der Waals surface area contributed by atoms with Gasteiger partial charge in [0.05, 0.1) is 0 Å². The van der Waals surface area contributed by atoms with Gasteiger partial charge in [0.15, 0.2) is 5.69 Å². The zero-order chi connectivity index (χ0) is 16.3. The van der Waals surface area contributed by atoms with Gasteiger partial charge < -0.3 is 14.3 Å². The van der Waals surface area contributed by atoms with E-state index in [1.54, 1.807) is 0 Å². The number of aromatic nitrogens is 1. The molecule has 1 spiro atoms. The third-order valence-corrected chi connectivity index (χ3v) is 6.81. The van der Waals surface area contributed by atoms with E-state index in [0.717, 1.165) is 43.7 Å². The Morgan fingerprint density at radius 3 is 2.75 bits per heavy atom. The predicted octanol–water partition coefficient (Wildman–Crippen LogP) is 2.89. The molecular formula is C19H27N3O2. The molecule has 1 amide bonds. The number of carbonyl (C=O) groups is 1. The van der Waals surface area contributed by atoms with Crippen LogP contribution in [-0.4, -0.2) is 53.6 Å². The van der Waals surface area contributed by atoms with E-state index in [0.29, 0.717) is 17.0 Å². The van der Waals surface area contributed by atoms with Gasteiger partial charge in [-0.05, 0) is 63.3 Å². The summed E-state index contributed by atoms with van der Waals surface area (Å²) in [6, 6.07) is 2.73. The molecule has 5 heteroatoms. The fourth-order valence-electron chi connectivity index (χ4n) is 4.58. The molecule has 130 valence electrons. The molecule has 0 aromatic carbocycles. The van der Waals surface area contributed by atoms with Crippen LogP contribution in [0.5, 0.6) is 0 Å². The van der Waals surface area contributed by atoms with Crippen LogP contribution in [0, 0.1) is 11.3 Å². The number of piperidine rings is 1. The Bertz CT molecular complexity index is 639. The molecule has 1 saturated heterocycles. The molecule has 4 aliphatic rings. The molecule has 0 N–H and O–H groups in total.